The Morgan fingerprint density at radius 1 is 1.09 bits per heavy atom. The standard InChI is InChI=1S/C19H20N2O/c1-19(2,3)21-14-16-6-5-13-20-18(16)12-9-15-7-10-17(22-4)11-8-15/h5-8,10-11,13-14H,1-4H3. The van der Waals surface area contributed by atoms with Gasteiger partial charge in [-0.1, -0.05) is 5.92 Å². The number of rotatable bonds is 2. The van der Waals surface area contributed by atoms with Crippen molar-refractivity contribution in [2.24, 2.45) is 4.99 Å². The number of nitrogens with zero attached hydrogens (tertiary/aromatic N) is 2. The molecule has 0 bridgehead atoms. The second kappa shape index (κ2) is 6.91. The van der Waals surface area contributed by atoms with E-state index in [1.54, 1.807) is 13.3 Å². The van der Waals surface area contributed by atoms with Crippen molar-refractivity contribution in [2.45, 2.75) is 26.3 Å². The molecule has 0 fully saturated rings. The van der Waals surface area contributed by atoms with Crippen molar-refractivity contribution < 1.29 is 4.74 Å². The third kappa shape index (κ3) is 4.75. The number of aliphatic imine (C=N–C) groups is 1. The van der Waals surface area contributed by atoms with Crippen LogP contribution in [0.1, 0.15) is 37.6 Å². The number of ether oxygens (including phenoxy) is 1. The Balaban J connectivity index is 2.26. The van der Waals surface area contributed by atoms with Crippen molar-refractivity contribution in [3.05, 3.63) is 59.4 Å². The minimum atomic E-state index is -0.115. The monoisotopic (exact) mass is 292 g/mol. The highest BCUT2D eigenvalue weighted by Gasteiger charge is 2.06. The summed E-state index contributed by atoms with van der Waals surface area (Å²) in [6.07, 6.45) is 3.58. The molecular weight excluding hydrogens is 272 g/mol. The predicted molar refractivity (Wildman–Crippen MR) is 90.6 cm³/mol. The maximum Gasteiger partial charge on any atom is 0.122 e. The van der Waals surface area contributed by atoms with E-state index < -0.39 is 0 Å². The van der Waals surface area contributed by atoms with Gasteiger partial charge in [0.2, 0.25) is 0 Å². The van der Waals surface area contributed by atoms with Crippen LogP contribution < -0.4 is 4.74 Å². The van der Waals surface area contributed by atoms with Gasteiger partial charge in [0.25, 0.3) is 0 Å². The van der Waals surface area contributed by atoms with Crippen LogP contribution in [0.4, 0.5) is 0 Å². The molecule has 0 aliphatic rings. The van der Waals surface area contributed by atoms with E-state index in [-0.39, 0.29) is 5.54 Å². The molecule has 0 saturated heterocycles. The van der Waals surface area contributed by atoms with E-state index in [1.165, 1.54) is 0 Å². The molecule has 0 unspecified atom stereocenters. The molecule has 2 aromatic rings. The molecule has 0 saturated carbocycles. The summed E-state index contributed by atoms with van der Waals surface area (Å²) in [5, 5.41) is 0. The molecule has 0 spiro atoms. The summed E-state index contributed by atoms with van der Waals surface area (Å²) < 4.78 is 5.14. The molecule has 1 aromatic carbocycles. The first-order valence-corrected chi connectivity index (χ1v) is 7.14. The molecule has 0 N–H and O–H groups in total. The van der Waals surface area contributed by atoms with Gasteiger partial charge in [0, 0.05) is 23.5 Å². The third-order valence-corrected chi connectivity index (χ3v) is 2.85. The second-order valence-corrected chi connectivity index (χ2v) is 5.85. The molecule has 1 aromatic heterocycles. The van der Waals surface area contributed by atoms with Crippen molar-refractivity contribution in [3.8, 4) is 17.6 Å². The Morgan fingerprint density at radius 2 is 1.82 bits per heavy atom. The van der Waals surface area contributed by atoms with Crippen LogP contribution in [-0.2, 0) is 0 Å². The number of aromatic nitrogens is 1. The van der Waals surface area contributed by atoms with Crippen LogP contribution in [0.25, 0.3) is 0 Å². The largest absolute Gasteiger partial charge is 0.497 e. The summed E-state index contributed by atoms with van der Waals surface area (Å²) in [5.41, 5.74) is 2.46. The van der Waals surface area contributed by atoms with E-state index in [0.717, 1.165) is 22.6 Å². The van der Waals surface area contributed by atoms with E-state index >= 15 is 0 Å². The SMILES string of the molecule is COc1ccc(C#Cc2ncccc2C=NC(C)(C)C)cc1. The quantitative estimate of drug-likeness (QED) is 0.624. The van der Waals surface area contributed by atoms with Gasteiger partial charge in [-0.15, -0.1) is 0 Å². The van der Waals surface area contributed by atoms with E-state index in [0.29, 0.717) is 0 Å². The fourth-order valence-corrected chi connectivity index (χ4v) is 1.70. The fourth-order valence-electron chi connectivity index (χ4n) is 1.70. The molecule has 3 heteroatoms. The predicted octanol–water partition coefficient (Wildman–Crippen LogP) is 3.71. The van der Waals surface area contributed by atoms with E-state index in [4.69, 9.17) is 4.74 Å². The maximum atomic E-state index is 5.14. The van der Waals surface area contributed by atoms with Crippen molar-refractivity contribution in [1.29, 1.82) is 0 Å². The average molecular weight is 292 g/mol. The van der Waals surface area contributed by atoms with Crippen molar-refractivity contribution in [2.75, 3.05) is 7.11 Å². The number of hydrogen-bond acceptors (Lipinski definition) is 3. The maximum absolute atomic E-state index is 5.14. The number of pyridine rings is 1. The lowest BCUT2D eigenvalue weighted by molar-refractivity contribution is 0.415. The number of methoxy groups -OCH3 is 1. The molecule has 0 atom stereocenters. The van der Waals surface area contributed by atoms with E-state index in [1.807, 2.05) is 42.6 Å². The van der Waals surface area contributed by atoms with Gasteiger partial charge in [-0.05, 0) is 63.1 Å². The van der Waals surface area contributed by atoms with E-state index in [9.17, 15) is 0 Å². The first-order valence-electron chi connectivity index (χ1n) is 7.14. The molecular formula is C19H20N2O. The molecule has 1 heterocycles. The average Bonchev–Trinajstić information content (AvgIpc) is 2.51. The third-order valence-electron chi connectivity index (χ3n) is 2.85. The van der Waals surface area contributed by atoms with Gasteiger partial charge in [-0.25, -0.2) is 4.98 Å². The highest BCUT2D eigenvalue weighted by molar-refractivity contribution is 5.82. The molecule has 22 heavy (non-hydrogen) atoms. The molecule has 0 aliphatic heterocycles. The summed E-state index contributed by atoms with van der Waals surface area (Å²) in [4.78, 5) is 8.85. The number of hydrogen-bond donors (Lipinski definition) is 0. The first-order chi connectivity index (χ1) is 10.5. The highest BCUT2D eigenvalue weighted by Crippen LogP contribution is 2.11. The summed E-state index contributed by atoms with van der Waals surface area (Å²) >= 11 is 0. The van der Waals surface area contributed by atoms with Crippen LogP contribution in [0.5, 0.6) is 5.75 Å². The molecule has 112 valence electrons. The van der Waals surface area contributed by atoms with Crippen LogP contribution in [0, 0.1) is 11.8 Å². The zero-order valence-corrected chi connectivity index (χ0v) is 13.4. The van der Waals surface area contributed by atoms with Crippen LogP contribution in [0.3, 0.4) is 0 Å². The summed E-state index contributed by atoms with van der Waals surface area (Å²) in [7, 11) is 1.65. The molecule has 3 nitrogen and oxygen atoms in total. The van der Waals surface area contributed by atoms with Crippen molar-refractivity contribution >= 4 is 6.21 Å². The van der Waals surface area contributed by atoms with E-state index in [2.05, 4.69) is 42.6 Å². The Bertz CT molecular complexity index is 714. The summed E-state index contributed by atoms with van der Waals surface area (Å²) in [6, 6.07) is 11.5. The lowest BCUT2D eigenvalue weighted by Crippen LogP contribution is -2.10. The van der Waals surface area contributed by atoms with Gasteiger partial charge in [0.1, 0.15) is 11.4 Å². The fraction of sp³-hybridized carbons (Fsp3) is 0.263. The minimum absolute atomic E-state index is 0.115. The lowest BCUT2D eigenvalue weighted by Gasteiger charge is -2.10. The molecule has 2 rings (SSSR count). The molecule has 0 amide bonds. The van der Waals surface area contributed by atoms with Crippen LogP contribution in [0.2, 0.25) is 0 Å². The first kappa shape index (κ1) is 15.8. The smallest absolute Gasteiger partial charge is 0.122 e. The van der Waals surface area contributed by atoms with Crippen molar-refractivity contribution in [1.82, 2.24) is 4.98 Å². The molecule has 0 aliphatic carbocycles. The van der Waals surface area contributed by atoms with Crippen LogP contribution >= 0.6 is 0 Å². The Hall–Kier alpha value is -2.60. The normalized spacial score (nSPS) is 11.1. The summed E-state index contributed by atoms with van der Waals surface area (Å²) in [5.74, 6) is 7.05. The second-order valence-electron chi connectivity index (χ2n) is 5.85. The van der Waals surface area contributed by atoms with Gasteiger partial charge in [-0.3, -0.25) is 4.99 Å². The zero-order valence-electron chi connectivity index (χ0n) is 13.4. The zero-order chi connectivity index (χ0) is 16.0. The minimum Gasteiger partial charge on any atom is -0.497 e. The summed E-state index contributed by atoms with van der Waals surface area (Å²) in [6.45, 7) is 6.17. The number of benzene rings is 1. The van der Waals surface area contributed by atoms with Gasteiger partial charge in [0.05, 0.1) is 12.6 Å². The Labute approximate surface area is 132 Å². The van der Waals surface area contributed by atoms with Gasteiger partial charge in [0.15, 0.2) is 0 Å². The van der Waals surface area contributed by atoms with Crippen molar-refractivity contribution in [3.63, 3.8) is 0 Å². The van der Waals surface area contributed by atoms with Crippen LogP contribution in [0.15, 0.2) is 47.6 Å². The Morgan fingerprint density at radius 3 is 2.45 bits per heavy atom. The lowest BCUT2D eigenvalue weighted by atomic mass is 10.1. The van der Waals surface area contributed by atoms with Gasteiger partial charge >= 0.3 is 0 Å². The Kier molecular flexibility index (Phi) is 4.95. The van der Waals surface area contributed by atoms with Crippen LogP contribution in [-0.4, -0.2) is 23.8 Å². The van der Waals surface area contributed by atoms with Gasteiger partial charge < -0.3 is 4.74 Å². The molecule has 0 radical (unpaired) electrons. The topological polar surface area (TPSA) is 34.5 Å². The highest BCUT2D eigenvalue weighted by atomic mass is 16.5. The van der Waals surface area contributed by atoms with Gasteiger partial charge in [-0.2, -0.15) is 0 Å².